The molecule has 0 atom stereocenters. The summed E-state index contributed by atoms with van der Waals surface area (Å²) in [5, 5.41) is 2.87. The molecule has 2 aromatic carbocycles. The zero-order chi connectivity index (χ0) is 16.9. The molecule has 1 aliphatic heterocycles. The molecule has 3 rings (SSSR count). The molecular formula is C20H22N2O2. The first-order chi connectivity index (χ1) is 11.6. The molecule has 2 amide bonds. The lowest BCUT2D eigenvalue weighted by Crippen LogP contribution is -2.36. The van der Waals surface area contributed by atoms with E-state index in [9.17, 15) is 9.59 Å². The molecule has 124 valence electrons. The SMILES string of the molecule is Cc1ccc(NC(=O)c2ccccc2C(=O)N2CCCCC2)cc1. The molecule has 4 heteroatoms. The summed E-state index contributed by atoms with van der Waals surface area (Å²) < 4.78 is 0. The molecule has 0 spiro atoms. The molecule has 0 aromatic heterocycles. The molecule has 0 unspecified atom stereocenters. The maximum absolute atomic E-state index is 12.8. The van der Waals surface area contributed by atoms with Crippen molar-refractivity contribution in [2.24, 2.45) is 0 Å². The van der Waals surface area contributed by atoms with Gasteiger partial charge in [-0.15, -0.1) is 0 Å². The van der Waals surface area contributed by atoms with Gasteiger partial charge in [0.15, 0.2) is 0 Å². The molecule has 1 aliphatic rings. The number of carbonyl (C=O) groups is 2. The largest absolute Gasteiger partial charge is 0.339 e. The number of amides is 2. The Labute approximate surface area is 142 Å². The fraction of sp³-hybridized carbons (Fsp3) is 0.300. The van der Waals surface area contributed by atoms with Crippen LogP contribution in [-0.4, -0.2) is 29.8 Å². The van der Waals surface area contributed by atoms with E-state index in [-0.39, 0.29) is 11.8 Å². The van der Waals surface area contributed by atoms with E-state index in [1.807, 2.05) is 36.1 Å². The minimum absolute atomic E-state index is 0.0515. The van der Waals surface area contributed by atoms with Crippen LogP contribution in [0.4, 0.5) is 5.69 Å². The number of carbonyl (C=O) groups excluding carboxylic acids is 2. The second kappa shape index (κ2) is 7.30. The lowest BCUT2D eigenvalue weighted by atomic mass is 10.0. The minimum Gasteiger partial charge on any atom is -0.339 e. The van der Waals surface area contributed by atoms with E-state index in [1.165, 1.54) is 6.42 Å². The van der Waals surface area contributed by atoms with Crippen LogP contribution in [0.2, 0.25) is 0 Å². The van der Waals surface area contributed by atoms with Crippen molar-refractivity contribution in [2.45, 2.75) is 26.2 Å². The average molecular weight is 322 g/mol. The van der Waals surface area contributed by atoms with Gasteiger partial charge < -0.3 is 10.2 Å². The van der Waals surface area contributed by atoms with E-state index in [2.05, 4.69) is 5.32 Å². The molecule has 24 heavy (non-hydrogen) atoms. The highest BCUT2D eigenvalue weighted by Gasteiger charge is 2.22. The summed E-state index contributed by atoms with van der Waals surface area (Å²) in [6, 6.07) is 14.7. The number of rotatable bonds is 3. The zero-order valence-corrected chi connectivity index (χ0v) is 13.9. The lowest BCUT2D eigenvalue weighted by molar-refractivity contribution is 0.0720. The van der Waals surface area contributed by atoms with Gasteiger partial charge in [0, 0.05) is 18.8 Å². The van der Waals surface area contributed by atoms with Gasteiger partial charge in [-0.05, 0) is 50.5 Å². The van der Waals surface area contributed by atoms with Gasteiger partial charge in [-0.25, -0.2) is 0 Å². The van der Waals surface area contributed by atoms with E-state index in [4.69, 9.17) is 0 Å². The standard InChI is InChI=1S/C20H22N2O2/c1-15-9-11-16(12-10-15)21-19(23)17-7-3-4-8-18(17)20(24)22-13-5-2-6-14-22/h3-4,7-12H,2,5-6,13-14H2,1H3,(H,21,23). The molecule has 0 saturated carbocycles. The molecule has 1 fully saturated rings. The number of hydrogen-bond acceptors (Lipinski definition) is 2. The van der Waals surface area contributed by atoms with Crippen LogP contribution in [0.25, 0.3) is 0 Å². The number of hydrogen-bond donors (Lipinski definition) is 1. The van der Waals surface area contributed by atoms with Crippen LogP contribution in [0.1, 0.15) is 45.5 Å². The molecule has 0 radical (unpaired) electrons. The summed E-state index contributed by atoms with van der Waals surface area (Å²) in [4.78, 5) is 27.2. The van der Waals surface area contributed by atoms with Gasteiger partial charge in [-0.1, -0.05) is 29.8 Å². The van der Waals surface area contributed by atoms with Gasteiger partial charge in [0.1, 0.15) is 0 Å². The second-order valence-corrected chi connectivity index (χ2v) is 6.22. The summed E-state index contributed by atoms with van der Waals surface area (Å²) in [5.41, 5.74) is 2.76. The van der Waals surface area contributed by atoms with E-state index in [1.54, 1.807) is 24.3 Å². The number of nitrogens with one attached hydrogen (secondary N) is 1. The molecule has 4 nitrogen and oxygen atoms in total. The Morgan fingerprint density at radius 1 is 0.875 bits per heavy atom. The molecule has 2 aromatic rings. The predicted molar refractivity (Wildman–Crippen MR) is 95.3 cm³/mol. The Morgan fingerprint density at radius 2 is 1.50 bits per heavy atom. The monoisotopic (exact) mass is 322 g/mol. The van der Waals surface area contributed by atoms with Crippen molar-refractivity contribution in [3.63, 3.8) is 0 Å². The van der Waals surface area contributed by atoms with E-state index < -0.39 is 0 Å². The molecule has 1 saturated heterocycles. The third-order valence-electron chi connectivity index (χ3n) is 4.35. The van der Waals surface area contributed by atoms with Crippen molar-refractivity contribution in [1.82, 2.24) is 4.90 Å². The zero-order valence-electron chi connectivity index (χ0n) is 13.9. The summed E-state index contributed by atoms with van der Waals surface area (Å²) in [7, 11) is 0. The summed E-state index contributed by atoms with van der Waals surface area (Å²) in [6.07, 6.45) is 3.23. The van der Waals surface area contributed by atoms with Crippen molar-refractivity contribution in [3.8, 4) is 0 Å². The van der Waals surface area contributed by atoms with Crippen LogP contribution < -0.4 is 5.32 Å². The van der Waals surface area contributed by atoms with Crippen molar-refractivity contribution in [2.75, 3.05) is 18.4 Å². The van der Waals surface area contributed by atoms with Crippen LogP contribution in [-0.2, 0) is 0 Å². The number of nitrogens with zero attached hydrogens (tertiary/aromatic N) is 1. The van der Waals surface area contributed by atoms with Gasteiger partial charge in [0.25, 0.3) is 11.8 Å². The quantitative estimate of drug-likeness (QED) is 0.932. The smallest absolute Gasteiger partial charge is 0.256 e. The number of anilines is 1. The third-order valence-corrected chi connectivity index (χ3v) is 4.35. The molecule has 1 heterocycles. The topological polar surface area (TPSA) is 49.4 Å². The van der Waals surface area contributed by atoms with Crippen LogP contribution >= 0.6 is 0 Å². The van der Waals surface area contributed by atoms with E-state index >= 15 is 0 Å². The second-order valence-electron chi connectivity index (χ2n) is 6.22. The fourth-order valence-corrected chi connectivity index (χ4v) is 2.97. The van der Waals surface area contributed by atoms with Gasteiger partial charge in [0.2, 0.25) is 0 Å². The van der Waals surface area contributed by atoms with Crippen LogP contribution in [0.5, 0.6) is 0 Å². The maximum Gasteiger partial charge on any atom is 0.256 e. The van der Waals surface area contributed by atoms with E-state index in [0.29, 0.717) is 11.1 Å². The predicted octanol–water partition coefficient (Wildman–Crippen LogP) is 3.87. The Hall–Kier alpha value is -2.62. The number of benzene rings is 2. The van der Waals surface area contributed by atoms with Crippen molar-refractivity contribution in [1.29, 1.82) is 0 Å². The highest BCUT2D eigenvalue weighted by molar-refractivity contribution is 6.12. The van der Waals surface area contributed by atoms with Gasteiger partial charge in [0.05, 0.1) is 11.1 Å². The lowest BCUT2D eigenvalue weighted by Gasteiger charge is -2.27. The Kier molecular flexibility index (Phi) is 4.94. The third kappa shape index (κ3) is 3.65. The van der Waals surface area contributed by atoms with Crippen LogP contribution in [0.15, 0.2) is 48.5 Å². The molecule has 0 bridgehead atoms. The summed E-state index contributed by atoms with van der Waals surface area (Å²) >= 11 is 0. The Balaban J connectivity index is 1.81. The molecule has 1 N–H and O–H groups in total. The average Bonchev–Trinajstić information content (AvgIpc) is 2.63. The minimum atomic E-state index is -0.250. The van der Waals surface area contributed by atoms with Crippen molar-refractivity contribution < 1.29 is 9.59 Å². The van der Waals surface area contributed by atoms with Gasteiger partial charge in [-0.3, -0.25) is 9.59 Å². The van der Waals surface area contributed by atoms with Crippen molar-refractivity contribution in [3.05, 3.63) is 65.2 Å². The number of piperidine rings is 1. The number of likely N-dealkylation sites (tertiary alicyclic amines) is 1. The van der Waals surface area contributed by atoms with Gasteiger partial charge >= 0.3 is 0 Å². The first-order valence-electron chi connectivity index (χ1n) is 8.41. The fourth-order valence-electron chi connectivity index (χ4n) is 2.97. The van der Waals surface area contributed by atoms with Gasteiger partial charge in [-0.2, -0.15) is 0 Å². The van der Waals surface area contributed by atoms with Crippen LogP contribution in [0, 0.1) is 6.92 Å². The first kappa shape index (κ1) is 16.2. The highest BCUT2D eigenvalue weighted by atomic mass is 16.2. The Morgan fingerprint density at radius 3 is 2.17 bits per heavy atom. The Bertz CT molecular complexity index is 732. The maximum atomic E-state index is 12.8. The normalized spacial score (nSPS) is 14.3. The summed E-state index contributed by atoms with van der Waals surface area (Å²) in [5.74, 6) is -0.302. The molecule has 0 aliphatic carbocycles. The summed E-state index contributed by atoms with van der Waals surface area (Å²) in [6.45, 7) is 3.54. The van der Waals surface area contributed by atoms with Crippen molar-refractivity contribution >= 4 is 17.5 Å². The number of aryl methyl sites for hydroxylation is 1. The van der Waals surface area contributed by atoms with Crippen LogP contribution in [0.3, 0.4) is 0 Å². The molecular weight excluding hydrogens is 300 g/mol. The van der Waals surface area contributed by atoms with E-state index in [0.717, 1.165) is 37.2 Å². The highest BCUT2D eigenvalue weighted by Crippen LogP contribution is 2.18. The first-order valence-corrected chi connectivity index (χ1v) is 8.41.